The first-order chi connectivity index (χ1) is 9.82. The first-order valence-corrected chi connectivity index (χ1v) is 8.35. The fourth-order valence-corrected chi connectivity index (χ4v) is 2.59. The largest absolute Gasteiger partial charge is 0.456 e. The Morgan fingerprint density at radius 3 is 1.27 bits per heavy atom. The second-order valence-electron chi connectivity index (χ2n) is 6.78. The summed E-state index contributed by atoms with van der Waals surface area (Å²) in [5.74, 6) is -1.16. The molecule has 0 saturated carbocycles. The molecule has 1 rings (SSSR count). The quantitative estimate of drug-likeness (QED) is 0.604. The van der Waals surface area contributed by atoms with Crippen LogP contribution in [0.4, 0.5) is 0 Å². The van der Waals surface area contributed by atoms with E-state index in [-0.39, 0.29) is 11.1 Å². The summed E-state index contributed by atoms with van der Waals surface area (Å²) in [6, 6.07) is 3.36. The van der Waals surface area contributed by atoms with Crippen molar-refractivity contribution < 1.29 is 19.1 Å². The molecule has 0 N–H and O–H groups in total. The minimum absolute atomic E-state index is 0.151. The molecule has 0 saturated heterocycles. The summed E-state index contributed by atoms with van der Waals surface area (Å²) in [5, 5.41) is 0. The summed E-state index contributed by atoms with van der Waals surface area (Å²) < 4.78 is 11.7. The lowest BCUT2D eigenvalue weighted by atomic mass is 10.1. The van der Waals surface area contributed by atoms with Crippen molar-refractivity contribution in [1.29, 1.82) is 0 Å². The van der Waals surface area contributed by atoms with Gasteiger partial charge in [-0.05, 0) is 85.5 Å². The molecule has 0 spiro atoms. The molecule has 0 bridgehead atoms. The van der Waals surface area contributed by atoms with Gasteiger partial charge in [0.25, 0.3) is 0 Å². The van der Waals surface area contributed by atoms with Gasteiger partial charge in [-0.25, -0.2) is 9.59 Å². The molecule has 0 aromatic heterocycles. The lowest BCUT2D eigenvalue weighted by molar-refractivity contribution is 0.00169. The van der Waals surface area contributed by atoms with Crippen LogP contribution in [0.1, 0.15) is 62.3 Å². The summed E-state index contributed by atoms with van der Waals surface area (Å²) in [4.78, 5) is 24.9. The lowest BCUT2D eigenvalue weighted by Gasteiger charge is -2.23. The van der Waals surface area contributed by atoms with Crippen LogP contribution in [0.25, 0.3) is 0 Å². The van der Waals surface area contributed by atoms with Gasteiger partial charge in [-0.2, -0.15) is 0 Å². The highest BCUT2D eigenvalue weighted by Gasteiger charge is 2.30. The molecule has 22 heavy (non-hydrogen) atoms. The highest BCUT2D eigenvalue weighted by Crippen LogP contribution is 2.31. The topological polar surface area (TPSA) is 52.6 Å². The van der Waals surface area contributed by atoms with Crippen LogP contribution in [0.2, 0.25) is 0 Å². The van der Waals surface area contributed by atoms with Crippen LogP contribution in [-0.2, 0) is 9.47 Å². The van der Waals surface area contributed by atoms with Gasteiger partial charge in [0.15, 0.2) is 0 Å². The van der Waals surface area contributed by atoms with E-state index in [1.807, 2.05) is 0 Å². The summed E-state index contributed by atoms with van der Waals surface area (Å²) in [6.45, 7) is 10.6. The Morgan fingerprint density at radius 1 is 0.773 bits per heavy atom. The van der Waals surface area contributed by atoms with E-state index in [4.69, 9.17) is 9.47 Å². The van der Waals surface area contributed by atoms with Gasteiger partial charge in [-0.1, -0.05) is 0 Å². The van der Waals surface area contributed by atoms with Gasteiger partial charge < -0.3 is 9.47 Å². The SMILES string of the molecule is CC(C)(C)OC(=O)c1c(Br)ccc(Br)c1C(=O)OC(C)(C)C. The molecule has 0 heterocycles. The molecule has 0 amide bonds. The molecule has 0 atom stereocenters. The Labute approximate surface area is 147 Å². The minimum Gasteiger partial charge on any atom is -0.456 e. The molecule has 0 aliphatic rings. The van der Waals surface area contributed by atoms with Crippen molar-refractivity contribution >= 4 is 43.8 Å². The van der Waals surface area contributed by atoms with E-state index in [2.05, 4.69) is 31.9 Å². The predicted octanol–water partition coefficient (Wildman–Crippen LogP) is 5.12. The number of ether oxygens (including phenoxy) is 2. The first-order valence-electron chi connectivity index (χ1n) is 6.76. The fraction of sp³-hybridized carbons (Fsp3) is 0.500. The average Bonchev–Trinajstić information content (AvgIpc) is 2.26. The molecule has 1 aromatic rings. The maximum absolute atomic E-state index is 12.4. The third-order valence-corrected chi connectivity index (χ3v) is 3.63. The molecule has 6 heteroatoms. The van der Waals surface area contributed by atoms with E-state index >= 15 is 0 Å². The molecule has 0 radical (unpaired) electrons. The second kappa shape index (κ2) is 6.71. The number of rotatable bonds is 2. The Kier molecular flexibility index (Phi) is 5.84. The fourth-order valence-electron chi connectivity index (χ4n) is 1.61. The Morgan fingerprint density at radius 2 is 1.05 bits per heavy atom. The van der Waals surface area contributed by atoms with E-state index in [9.17, 15) is 9.59 Å². The number of halogens is 2. The highest BCUT2D eigenvalue weighted by molar-refractivity contribution is 9.11. The van der Waals surface area contributed by atoms with Crippen molar-refractivity contribution in [1.82, 2.24) is 0 Å². The Hall–Kier alpha value is -0.880. The van der Waals surface area contributed by atoms with Gasteiger partial charge in [-0.3, -0.25) is 0 Å². The molecule has 0 fully saturated rings. The van der Waals surface area contributed by atoms with Crippen molar-refractivity contribution in [3.63, 3.8) is 0 Å². The molecule has 122 valence electrons. The normalized spacial score (nSPS) is 12.0. The Bertz CT molecular complexity index is 542. The van der Waals surface area contributed by atoms with Crippen LogP contribution in [0.3, 0.4) is 0 Å². The molecular formula is C16H20Br2O4. The minimum atomic E-state index is -0.663. The van der Waals surface area contributed by atoms with Crippen LogP contribution < -0.4 is 0 Å². The van der Waals surface area contributed by atoms with Crippen LogP contribution in [0, 0.1) is 0 Å². The molecule has 1 aromatic carbocycles. The standard InChI is InChI=1S/C16H20Br2O4/c1-15(2,3)21-13(19)11-9(17)7-8-10(18)12(11)14(20)22-16(4,5)6/h7-8H,1-6H3. The monoisotopic (exact) mass is 434 g/mol. The van der Waals surface area contributed by atoms with Crippen LogP contribution in [0.15, 0.2) is 21.1 Å². The van der Waals surface area contributed by atoms with Crippen molar-refractivity contribution in [2.75, 3.05) is 0 Å². The Balaban J connectivity index is 3.36. The number of carbonyl (C=O) groups is 2. The predicted molar refractivity (Wildman–Crippen MR) is 92.2 cm³/mol. The zero-order valence-corrected chi connectivity index (χ0v) is 16.7. The van der Waals surface area contributed by atoms with Crippen molar-refractivity contribution in [2.24, 2.45) is 0 Å². The lowest BCUT2D eigenvalue weighted by Crippen LogP contribution is -2.28. The first kappa shape index (κ1) is 19.2. The number of carbonyl (C=O) groups excluding carboxylic acids is 2. The van der Waals surface area contributed by atoms with Crippen molar-refractivity contribution in [3.05, 3.63) is 32.2 Å². The van der Waals surface area contributed by atoms with Gasteiger partial charge in [0.1, 0.15) is 11.2 Å². The van der Waals surface area contributed by atoms with Crippen LogP contribution >= 0.6 is 31.9 Å². The van der Waals surface area contributed by atoms with Crippen molar-refractivity contribution in [2.45, 2.75) is 52.7 Å². The molecule has 0 aliphatic heterocycles. The second-order valence-corrected chi connectivity index (χ2v) is 8.49. The number of hydrogen-bond donors (Lipinski definition) is 0. The maximum Gasteiger partial charge on any atom is 0.340 e. The smallest absolute Gasteiger partial charge is 0.340 e. The molecule has 4 nitrogen and oxygen atoms in total. The summed E-state index contributed by atoms with van der Waals surface area (Å²) >= 11 is 6.62. The van der Waals surface area contributed by atoms with Gasteiger partial charge in [0.2, 0.25) is 0 Å². The number of hydrogen-bond acceptors (Lipinski definition) is 4. The van der Waals surface area contributed by atoms with Gasteiger partial charge in [0.05, 0.1) is 11.1 Å². The van der Waals surface area contributed by atoms with Crippen molar-refractivity contribution in [3.8, 4) is 0 Å². The van der Waals surface area contributed by atoms with E-state index in [1.165, 1.54) is 0 Å². The molecular weight excluding hydrogens is 416 g/mol. The van der Waals surface area contributed by atoms with E-state index < -0.39 is 23.1 Å². The summed E-state index contributed by atoms with van der Waals surface area (Å²) in [6.07, 6.45) is 0. The average molecular weight is 436 g/mol. The summed E-state index contributed by atoms with van der Waals surface area (Å²) in [7, 11) is 0. The zero-order chi connectivity index (χ0) is 17.3. The number of esters is 2. The number of benzene rings is 1. The van der Waals surface area contributed by atoms with Crippen LogP contribution in [-0.4, -0.2) is 23.1 Å². The van der Waals surface area contributed by atoms with Gasteiger partial charge in [0, 0.05) is 8.95 Å². The van der Waals surface area contributed by atoms with Gasteiger partial charge in [-0.15, -0.1) is 0 Å². The maximum atomic E-state index is 12.4. The third kappa shape index (κ3) is 5.39. The third-order valence-electron chi connectivity index (χ3n) is 2.31. The van der Waals surface area contributed by atoms with Crippen LogP contribution in [0.5, 0.6) is 0 Å². The van der Waals surface area contributed by atoms with E-state index in [1.54, 1.807) is 53.7 Å². The van der Waals surface area contributed by atoms with E-state index in [0.29, 0.717) is 8.95 Å². The highest BCUT2D eigenvalue weighted by atomic mass is 79.9. The zero-order valence-electron chi connectivity index (χ0n) is 13.5. The molecule has 0 aliphatic carbocycles. The van der Waals surface area contributed by atoms with E-state index in [0.717, 1.165) is 0 Å². The van der Waals surface area contributed by atoms with Gasteiger partial charge >= 0.3 is 11.9 Å². The molecule has 0 unspecified atom stereocenters. The summed E-state index contributed by atoms with van der Waals surface area (Å²) in [5.41, 5.74) is -1.02.